The van der Waals surface area contributed by atoms with Crippen molar-refractivity contribution in [2.45, 2.75) is 13.0 Å². The van der Waals surface area contributed by atoms with Crippen LogP contribution in [0.5, 0.6) is 5.88 Å². The van der Waals surface area contributed by atoms with Crippen LogP contribution in [0, 0.1) is 0 Å². The number of pyridine rings is 1. The van der Waals surface area contributed by atoms with E-state index in [1.54, 1.807) is 18.1 Å². The second-order valence-electron chi connectivity index (χ2n) is 3.97. The summed E-state index contributed by atoms with van der Waals surface area (Å²) >= 11 is 0. The Balaban J connectivity index is 1.71. The fourth-order valence-corrected chi connectivity index (χ4v) is 1.57. The molecule has 6 heteroatoms. The first kappa shape index (κ1) is 12.5. The van der Waals surface area contributed by atoms with Gasteiger partial charge in [0.1, 0.15) is 6.33 Å². The summed E-state index contributed by atoms with van der Waals surface area (Å²) in [6.07, 6.45) is 4.35. The van der Waals surface area contributed by atoms with Gasteiger partial charge in [-0.3, -0.25) is 4.68 Å². The Bertz CT molecular complexity index is 479. The van der Waals surface area contributed by atoms with Gasteiger partial charge in [0, 0.05) is 38.8 Å². The predicted octanol–water partition coefficient (Wildman–Crippen LogP) is 0.551. The van der Waals surface area contributed by atoms with Gasteiger partial charge < -0.3 is 10.1 Å². The van der Waals surface area contributed by atoms with Gasteiger partial charge in [0.05, 0.1) is 7.11 Å². The molecule has 0 bridgehead atoms. The lowest BCUT2D eigenvalue weighted by atomic mass is 10.3. The molecule has 0 saturated carbocycles. The Hall–Kier alpha value is -1.95. The second kappa shape index (κ2) is 6.11. The fraction of sp³-hybridized carbons (Fsp3) is 0.417. The number of rotatable bonds is 6. The zero-order chi connectivity index (χ0) is 12.8. The molecule has 2 heterocycles. The van der Waals surface area contributed by atoms with Crippen LogP contribution in [0.25, 0.3) is 0 Å². The largest absolute Gasteiger partial charge is 0.481 e. The predicted molar refractivity (Wildman–Crippen MR) is 67.2 cm³/mol. The number of hydrogen-bond acceptors (Lipinski definition) is 5. The molecule has 0 aliphatic heterocycles. The summed E-state index contributed by atoms with van der Waals surface area (Å²) in [7, 11) is 3.48. The summed E-state index contributed by atoms with van der Waals surface area (Å²) < 4.78 is 6.72. The SMILES string of the molecule is COc1ccc(CNCCc2ncn(C)n2)cn1. The minimum Gasteiger partial charge on any atom is -0.481 e. The van der Waals surface area contributed by atoms with Crippen LogP contribution in [0.2, 0.25) is 0 Å². The third-order valence-corrected chi connectivity index (χ3v) is 2.51. The van der Waals surface area contributed by atoms with Gasteiger partial charge in [0.2, 0.25) is 5.88 Å². The number of nitrogens with zero attached hydrogens (tertiary/aromatic N) is 4. The van der Waals surface area contributed by atoms with E-state index in [0.717, 1.165) is 30.9 Å². The van der Waals surface area contributed by atoms with Gasteiger partial charge in [-0.15, -0.1) is 0 Å². The van der Waals surface area contributed by atoms with Crippen molar-refractivity contribution >= 4 is 0 Å². The molecular formula is C12H17N5O. The molecule has 2 rings (SSSR count). The number of ether oxygens (including phenoxy) is 1. The number of aromatic nitrogens is 4. The van der Waals surface area contributed by atoms with Crippen LogP contribution in [0.4, 0.5) is 0 Å². The molecule has 0 aliphatic rings. The maximum absolute atomic E-state index is 5.00. The molecular weight excluding hydrogens is 230 g/mol. The average molecular weight is 247 g/mol. The highest BCUT2D eigenvalue weighted by atomic mass is 16.5. The zero-order valence-electron chi connectivity index (χ0n) is 10.6. The molecule has 0 unspecified atom stereocenters. The van der Waals surface area contributed by atoms with Crippen LogP contribution >= 0.6 is 0 Å². The van der Waals surface area contributed by atoms with Crippen molar-refractivity contribution in [2.24, 2.45) is 7.05 Å². The van der Waals surface area contributed by atoms with Gasteiger partial charge in [0.15, 0.2) is 5.82 Å². The lowest BCUT2D eigenvalue weighted by Crippen LogP contribution is -2.17. The molecule has 6 nitrogen and oxygen atoms in total. The molecule has 18 heavy (non-hydrogen) atoms. The summed E-state index contributed by atoms with van der Waals surface area (Å²) in [4.78, 5) is 8.31. The van der Waals surface area contributed by atoms with Crippen molar-refractivity contribution in [3.8, 4) is 5.88 Å². The smallest absolute Gasteiger partial charge is 0.212 e. The maximum atomic E-state index is 5.00. The molecule has 0 saturated heterocycles. The van der Waals surface area contributed by atoms with E-state index in [1.807, 2.05) is 25.4 Å². The van der Waals surface area contributed by atoms with E-state index in [0.29, 0.717) is 5.88 Å². The lowest BCUT2D eigenvalue weighted by molar-refractivity contribution is 0.397. The first-order valence-corrected chi connectivity index (χ1v) is 5.82. The van der Waals surface area contributed by atoms with Gasteiger partial charge in [-0.1, -0.05) is 6.07 Å². The van der Waals surface area contributed by atoms with Gasteiger partial charge in [-0.25, -0.2) is 9.97 Å². The number of methoxy groups -OCH3 is 1. The van der Waals surface area contributed by atoms with Crippen LogP contribution in [0.1, 0.15) is 11.4 Å². The highest BCUT2D eigenvalue weighted by Crippen LogP contribution is 2.06. The van der Waals surface area contributed by atoms with Crippen molar-refractivity contribution in [3.05, 3.63) is 36.0 Å². The van der Waals surface area contributed by atoms with Crippen molar-refractivity contribution in [3.63, 3.8) is 0 Å². The van der Waals surface area contributed by atoms with Crippen LogP contribution < -0.4 is 10.1 Å². The maximum Gasteiger partial charge on any atom is 0.212 e. The third-order valence-electron chi connectivity index (χ3n) is 2.51. The van der Waals surface area contributed by atoms with E-state index >= 15 is 0 Å². The van der Waals surface area contributed by atoms with Gasteiger partial charge in [-0.2, -0.15) is 5.10 Å². The Morgan fingerprint density at radius 2 is 2.22 bits per heavy atom. The zero-order valence-corrected chi connectivity index (χ0v) is 10.6. The van der Waals surface area contributed by atoms with E-state index in [4.69, 9.17) is 4.74 Å². The fourth-order valence-electron chi connectivity index (χ4n) is 1.57. The summed E-state index contributed by atoms with van der Waals surface area (Å²) in [6, 6.07) is 3.86. The summed E-state index contributed by atoms with van der Waals surface area (Å²) in [5.41, 5.74) is 1.13. The van der Waals surface area contributed by atoms with Crippen LogP contribution in [0.3, 0.4) is 0 Å². The van der Waals surface area contributed by atoms with Crippen LogP contribution in [-0.4, -0.2) is 33.4 Å². The van der Waals surface area contributed by atoms with E-state index in [2.05, 4.69) is 20.4 Å². The minimum absolute atomic E-state index is 0.636. The quantitative estimate of drug-likeness (QED) is 0.755. The first-order valence-electron chi connectivity index (χ1n) is 5.82. The molecule has 96 valence electrons. The lowest BCUT2D eigenvalue weighted by Gasteiger charge is -2.04. The number of nitrogens with one attached hydrogen (secondary N) is 1. The standard InChI is InChI=1S/C12H17N5O/c1-17-9-15-11(16-17)5-6-13-7-10-3-4-12(18-2)14-8-10/h3-4,8-9,13H,5-7H2,1-2H3. The molecule has 1 N–H and O–H groups in total. The molecule has 2 aromatic rings. The monoisotopic (exact) mass is 247 g/mol. The Labute approximate surface area is 106 Å². The van der Waals surface area contributed by atoms with Gasteiger partial charge in [-0.05, 0) is 5.56 Å². The molecule has 0 aliphatic carbocycles. The molecule has 0 aromatic carbocycles. The average Bonchev–Trinajstić information content (AvgIpc) is 2.81. The molecule has 0 amide bonds. The molecule has 0 atom stereocenters. The van der Waals surface area contributed by atoms with Crippen molar-refractivity contribution in [2.75, 3.05) is 13.7 Å². The topological polar surface area (TPSA) is 64.9 Å². The Morgan fingerprint density at radius 1 is 1.33 bits per heavy atom. The summed E-state index contributed by atoms with van der Waals surface area (Å²) in [6.45, 7) is 1.62. The summed E-state index contributed by atoms with van der Waals surface area (Å²) in [5, 5.41) is 7.54. The Morgan fingerprint density at radius 3 is 2.83 bits per heavy atom. The Kier molecular flexibility index (Phi) is 4.25. The van der Waals surface area contributed by atoms with Gasteiger partial charge >= 0.3 is 0 Å². The van der Waals surface area contributed by atoms with Gasteiger partial charge in [0.25, 0.3) is 0 Å². The van der Waals surface area contributed by atoms with Crippen molar-refractivity contribution in [1.29, 1.82) is 0 Å². The van der Waals surface area contributed by atoms with E-state index < -0.39 is 0 Å². The van der Waals surface area contributed by atoms with Crippen molar-refractivity contribution < 1.29 is 4.74 Å². The molecule has 0 radical (unpaired) electrons. The molecule has 0 fully saturated rings. The second-order valence-corrected chi connectivity index (χ2v) is 3.97. The normalized spacial score (nSPS) is 10.6. The van der Waals surface area contributed by atoms with E-state index in [9.17, 15) is 0 Å². The minimum atomic E-state index is 0.636. The van der Waals surface area contributed by atoms with Crippen LogP contribution in [0.15, 0.2) is 24.7 Å². The highest BCUT2D eigenvalue weighted by molar-refractivity contribution is 5.17. The molecule has 2 aromatic heterocycles. The third kappa shape index (κ3) is 3.53. The van der Waals surface area contributed by atoms with E-state index in [-0.39, 0.29) is 0 Å². The van der Waals surface area contributed by atoms with Crippen LogP contribution in [-0.2, 0) is 20.0 Å². The highest BCUT2D eigenvalue weighted by Gasteiger charge is 1.99. The van der Waals surface area contributed by atoms with E-state index in [1.165, 1.54) is 0 Å². The molecule has 0 spiro atoms. The number of aryl methyl sites for hydroxylation is 1. The number of hydrogen-bond donors (Lipinski definition) is 1. The van der Waals surface area contributed by atoms with Crippen molar-refractivity contribution in [1.82, 2.24) is 25.1 Å². The first-order chi connectivity index (χ1) is 8.78. The summed E-state index contributed by atoms with van der Waals surface area (Å²) in [5.74, 6) is 1.49.